The molecule has 4 nitrogen and oxygen atoms in total. The third kappa shape index (κ3) is 4.42. The second-order valence-corrected chi connectivity index (χ2v) is 6.73. The van der Waals surface area contributed by atoms with E-state index >= 15 is 0 Å². The molecule has 0 aliphatic rings. The highest BCUT2D eigenvalue weighted by atomic mass is 32.1. The summed E-state index contributed by atoms with van der Waals surface area (Å²) < 4.78 is 0. The number of nitrogens with zero attached hydrogens (tertiary/aromatic N) is 1. The summed E-state index contributed by atoms with van der Waals surface area (Å²) in [6.07, 6.45) is 0. The lowest BCUT2D eigenvalue weighted by Crippen LogP contribution is -2.39. The zero-order valence-electron chi connectivity index (χ0n) is 13.9. The van der Waals surface area contributed by atoms with Gasteiger partial charge in [0.1, 0.15) is 0 Å². The number of aryl methyl sites for hydroxylation is 2. The Kier molecular flexibility index (Phi) is 5.55. The van der Waals surface area contributed by atoms with Gasteiger partial charge in [0, 0.05) is 17.5 Å². The van der Waals surface area contributed by atoms with Crippen molar-refractivity contribution < 1.29 is 9.59 Å². The zero-order valence-corrected chi connectivity index (χ0v) is 14.7. The van der Waals surface area contributed by atoms with Crippen molar-refractivity contribution in [3.8, 4) is 0 Å². The molecule has 1 aromatic heterocycles. The molecule has 5 heteroatoms. The van der Waals surface area contributed by atoms with Crippen molar-refractivity contribution in [2.24, 2.45) is 0 Å². The van der Waals surface area contributed by atoms with Crippen LogP contribution in [0.15, 0.2) is 35.7 Å². The monoisotopic (exact) mass is 330 g/mol. The molecule has 0 radical (unpaired) electrons. The number of rotatable bonds is 5. The second-order valence-electron chi connectivity index (χ2n) is 5.76. The summed E-state index contributed by atoms with van der Waals surface area (Å²) in [7, 11) is 1.76. The molecule has 1 heterocycles. The number of carbonyl (C=O) groups is 2. The minimum atomic E-state index is -0.220. The molecule has 0 fully saturated rings. The SMILES string of the molecule is Cc1cc(C)cc(C(=O)NCC(=O)N(C)C(C)c2cccs2)c1. The standard InChI is InChI=1S/C18H22N2O2S/c1-12-8-13(2)10-15(9-12)18(22)19-11-17(21)20(4)14(3)16-6-5-7-23-16/h5-10,14H,11H2,1-4H3,(H,19,22). The Hall–Kier alpha value is -2.14. The Morgan fingerprint density at radius 2 is 1.87 bits per heavy atom. The average Bonchev–Trinajstić information content (AvgIpc) is 3.04. The minimum absolute atomic E-state index is 0.000571. The van der Waals surface area contributed by atoms with Crippen LogP contribution in [0.4, 0.5) is 0 Å². The van der Waals surface area contributed by atoms with Crippen LogP contribution in [0.25, 0.3) is 0 Å². The molecule has 0 spiro atoms. The number of thiophene rings is 1. The highest BCUT2D eigenvalue weighted by molar-refractivity contribution is 7.10. The van der Waals surface area contributed by atoms with Crippen LogP contribution >= 0.6 is 11.3 Å². The van der Waals surface area contributed by atoms with E-state index in [2.05, 4.69) is 5.32 Å². The first kappa shape index (κ1) is 17.2. The van der Waals surface area contributed by atoms with Crippen molar-refractivity contribution >= 4 is 23.2 Å². The summed E-state index contributed by atoms with van der Waals surface area (Å²) in [4.78, 5) is 27.2. The van der Waals surface area contributed by atoms with Gasteiger partial charge in [-0.15, -0.1) is 11.3 Å². The number of benzene rings is 1. The summed E-state index contributed by atoms with van der Waals surface area (Å²) in [6, 6.07) is 9.64. The molecule has 0 aliphatic carbocycles. The van der Waals surface area contributed by atoms with E-state index in [-0.39, 0.29) is 24.4 Å². The van der Waals surface area contributed by atoms with Crippen LogP contribution in [0.5, 0.6) is 0 Å². The van der Waals surface area contributed by atoms with Gasteiger partial charge in [0.2, 0.25) is 5.91 Å². The maximum Gasteiger partial charge on any atom is 0.251 e. The maximum atomic E-state index is 12.3. The fourth-order valence-electron chi connectivity index (χ4n) is 2.42. The van der Waals surface area contributed by atoms with Gasteiger partial charge in [-0.3, -0.25) is 9.59 Å². The lowest BCUT2D eigenvalue weighted by atomic mass is 10.1. The number of hydrogen-bond acceptors (Lipinski definition) is 3. The lowest BCUT2D eigenvalue weighted by molar-refractivity contribution is -0.130. The molecule has 2 amide bonds. The van der Waals surface area contributed by atoms with Crippen LogP contribution in [0.3, 0.4) is 0 Å². The molecule has 1 unspecified atom stereocenters. The first-order valence-corrected chi connectivity index (χ1v) is 8.42. The normalized spacial score (nSPS) is 11.8. The van der Waals surface area contributed by atoms with Gasteiger partial charge in [-0.25, -0.2) is 0 Å². The molecule has 1 atom stereocenters. The zero-order chi connectivity index (χ0) is 17.0. The van der Waals surface area contributed by atoms with Gasteiger partial charge < -0.3 is 10.2 Å². The molecule has 1 aromatic carbocycles. The van der Waals surface area contributed by atoms with Crippen LogP contribution in [0.1, 0.15) is 39.3 Å². The first-order valence-electron chi connectivity index (χ1n) is 7.54. The smallest absolute Gasteiger partial charge is 0.251 e. The predicted molar refractivity (Wildman–Crippen MR) is 93.8 cm³/mol. The third-order valence-corrected chi connectivity index (χ3v) is 4.86. The highest BCUT2D eigenvalue weighted by Crippen LogP contribution is 2.23. The first-order chi connectivity index (χ1) is 10.9. The van der Waals surface area contributed by atoms with E-state index in [1.807, 2.05) is 56.5 Å². The Labute approximate surface area is 141 Å². The fraction of sp³-hybridized carbons (Fsp3) is 0.333. The largest absolute Gasteiger partial charge is 0.343 e. The average molecular weight is 330 g/mol. The molecule has 0 saturated heterocycles. The van der Waals surface area contributed by atoms with Gasteiger partial charge in [0.15, 0.2) is 0 Å². The van der Waals surface area contributed by atoms with Crippen LogP contribution in [0, 0.1) is 13.8 Å². The van der Waals surface area contributed by atoms with Crippen molar-refractivity contribution in [1.82, 2.24) is 10.2 Å². The molecule has 2 rings (SSSR count). The summed E-state index contributed by atoms with van der Waals surface area (Å²) in [5.41, 5.74) is 2.65. The Balaban J connectivity index is 1.94. The van der Waals surface area contributed by atoms with Crippen molar-refractivity contribution in [2.75, 3.05) is 13.6 Å². The Morgan fingerprint density at radius 3 is 2.43 bits per heavy atom. The van der Waals surface area contributed by atoms with Gasteiger partial charge in [0.25, 0.3) is 5.91 Å². The van der Waals surface area contributed by atoms with E-state index in [0.29, 0.717) is 5.56 Å². The molecular weight excluding hydrogens is 308 g/mol. The number of likely N-dealkylation sites (N-methyl/N-ethyl adjacent to an activating group) is 1. The van der Waals surface area contributed by atoms with Gasteiger partial charge in [-0.1, -0.05) is 23.3 Å². The summed E-state index contributed by atoms with van der Waals surface area (Å²) >= 11 is 1.62. The van der Waals surface area contributed by atoms with Crippen LogP contribution < -0.4 is 5.32 Å². The van der Waals surface area contributed by atoms with Gasteiger partial charge in [0.05, 0.1) is 12.6 Å². The van der Waals surface area contributed by atoms with E-state index in [9.17, 15) is 9.59 Å². The predicted octanol–water partition coefficient (Wildman–Crippen LogP) is 3.31. The van der Waals surface area contributed by atoms with Crippen molar-refractivity contribution in [2.45, 2.75) is 26.8 Å². The van der Waals surface area contributed by atoms with Crippen LogP contribution in [-0.2, 0) is 4.79 Å². The van der Waals surface area contributed by atoms with Crippen LogP contribution in [-0.4, -0.2) is 30.3 Å². The van der Waals surface area contributed by atoms with E-state index in [1.54, 1.807) is 23.3 Å². The number of hydrogen-bond donors (Lipinski definition) is 1. The molecule has 0 bridgehead atoms. The van der Waals surface area contributed by atoms with E-state index in [1.165, 1.54) is 0 Å². The van der Waals surface area contributed by atoms with Gasteiger partial charge >= 0.3 is 0 Å². The Morgan fingerprint density at radius 1 is 1.22 bits per heavy atom. The second kappa shape index (κ2) is 7.42. The topological polar surface area (TPSA) is 49.4 Å². The summed E-state index contributed by atoms with van der Waals surface area (Å²) in [5.74, 6) is -0.328. The lowest BCUT2D eigenvalue weighted by Gasteiger charge is -2.24. The molecule has 2 aromatic rings. The van der Waals surface area contributed by atoms with Crippen molar-refractivity contribution in [3.05, 3.63) is 57.3 Å². The molecule has 122 valence electrons. The van der Waals surface area contributed by atoms with Crippen LogP contribution in [0.2, 0.25) is 0 Å². The summed E-state index contributed by atoms with van der Waals surface area (Å²) in [5, 5.41) is 4.70. The summed E-state index contributed by atoms with van der Waals surface area (Å²) in [6.45, 7) is 5.88. The van der Waals surface area contributed by atoms with E-state index in [0.717, 1.165) is 16.0 Å². The number of nitrogens with one attached hydrogen (secondary N) is 1. The van der Waals surface area contributed by atoms with Gasteiger partial charge in [-0.05, 0) is 44.4 Å². The molecule has 0 aliphatic heterocycles. The molecule has 0 saturated carbocycles. The number of amides is 2. The molecule has 23 heavy (non-hydrogen) atoms. The fourth-order valence-corrected chi connectivity index (χ4v) is 3.25. The van der Waals surface area contributed by atoms with Crippen molar-refractivity contribution in [3.63, 3.8) is 0 Å². The van der Waals surface area contributed by atoms with Gasteiger partial charge in [-0.2, -0.15) is 0 Å². The number of carbonyl (C=O) groups excluding carboxylic acids is 2. The highest BCUT2D eigenvalue weighted by Gasteiger charge is 2.18. The Bertz CT molecular complexity index is 675. The minimum Gasteiger partial charge on any atom is -0.343 e. The molecule has 1 N–H and O–H groups in total. The maximum absolute atomic E-state index is 12.3. The molecular formula is C18H22N2O2S. The third-order valence-electron chi connectivity index (χ3n) is 3.81. The quantitative estimate of drug-likeness (QED) is 0.914. The van der Waals surface area contributed by atoms with Crippen molar-refractivity contribution in [1.29, 1.82) is 0 Å². The van der Waals surface area contributed by atoms with E-state index < -0.39 is 0 Å². The van der Waals surface area contributed by atoms with E-state index in [4.69, 9.17) is 0 Å².